The standard InChI is InChI=1S/C22H16ClNO/c23-17-11-13-18(14-12-17)24-22(25)21-19(15-7-3-1-4-8-15)20(21)16-9-5-2-6-10-16/h1-14,21H,(H,24,25). The molecule has 0 unspecified atom stereocenters. The molecule has 0 fully saturated rings. The van der Waals surface area contributed by atoms with Crippen molar-refractivity contribution in [3.05, 3.63) is 101 Å². The van der Waals surface area contributed by atoms with Crippen LogP contribution >= 0.6 is 11.6 Å². The van der Waals surface area contributed by atoms with Crippen molar-refractivity contribution in [2.75, 3.05) is 5.32 Å². The van der Waals surface area contributed by atoms with Gasteiger partial charge in [-0.15, -0.1) is 0 Å². The molecule has 1 amide bonds. The maximum atomic E-state index is 12.8. The Morgan fingerprint density at radius 1 is 0.720 bits per heavy atom. The minimum absolute atomic E-state index is 0.0139. The van der Waals surface area contributed by atoms with Crippen LogP contribution in [0.5, 0.6) is 0 Å². The summed E-state index contributed by atoms with van der Waals surface area (Å²) < 4.78 is 0. The highest BCUT2D eigenvalue weighted by atomic mass is 35.5. The largest absolute Gasteiger partial charge is 0.325 e. The monoisotopic (exact) mass is 345 g/mol. The predicted octanol–water partition coefficient (Wildman–Crippen LogP) is 5.52. The lowest BCUT2D eigenvalue weighted by atomic mass is 10.1. The van der Waals surface area contributed by atoms with Crippen LogP contribution in [0.4, 0.5) is 5.69 Å². The summed E-state index contributed by atoms with van der Waals surface area (Å²) in [7, 11) is 0. The van der Waals surface area contributed by atoms with E-state index in [1.807, 2.05) is 72.8 Å². The molecule has 0 heterocycles. The van der Waals surface area contributed by atoms with Gasteiger partial charge in [0.2, 0.25) is 5.91 Å². The fourth-order valence-corrected chi connectivity index (χ4v) is 3.24. The molecule has 0 atom stereocenters. The van der Waals surface area contributed by atoms with E-state index in [4.69, 9.17) is 11.6 Å². The molecule has 3 aromatic rings. The van der Waals surface area contributed by atoms with Gasteiger partial charge in [-0.25, -0.2) is 0 Å². The molecule has 1 aliphatic rings. The van der Waals surface area contributed by atoms with E-state index in [1.165, 1.54) is 0 Å². The number of carbonyl (C=O) groups excluding carboxylic acids is 1. The van der Waals surface area contributed by atoms with Crippen molar-refractivity contribution in [1.29, 1.82) is 0 Å². The van der Waals surface area contributed by atoms with Crippen molar-refractivity contribution in [1.82, 2.24) is 0 Å². The third-order valence-electron chi connectivity index (χ3n) is 4.33. The van der Waals surface area contributed by atoms with Gasteiger partial charge >= 0.3 is 0 Å². The first-order valence-corrected chi connectivity index (χ1v) is 8.53. The minimum atomic E-state index is -0.222. The van der Waals surface area contributed by atoms with Crippen LogP contribution in [0.3, 0.4) is 0 Å². The van der Waals surface area contributed by atoms with E-state index < -0.39 is 0 Å². The fraction of sp³-hybridized carbons (Fsp3) is 0.0455. The number of benzene rings is 3. The van der Waals surface area contributed by atoms with Gasteiger partial charge in [-0.2, -0.15) is 0 Å². The summed E-state index contributed by atoms with van der Waals surface area (Å²) in [6.45, 7) is 0. The van der Waals surface area contributed by atoms with E-state index in [0.717, 1.165) is 28.0 Å². The van der Waals surface area contributed by atoms with Crippen LogP contribution in [0, 0.1) is 5.92 Å². The maximum Gasteiger partial charge on any atom is 0.236 e. The summed E-state index contributed by atoms with van der Waals surface area (Å²) in [5, 5.41) is 3.64. The lowest BCUT2D eigenvalue weighted by molar-refractivity contribution is -0.116. The molecule has 0 aliphatic heterocycles. The Kier molecular flexibility index (Phi) is 4.12. The van der Waals surface area contributed by atoms with Crippen LogP contribution in [-0.4, -0.2) is 5.91 Å². The van der Waals surface area contributed by atoms with Crippen LogP contribution in [0.2, 0.25) is 5.02 Å². The van der Waals surface area contributed by atoms with E-state index in [9.17, 15) is 4.79 Å². The predicted molar refractivity (Wildman–Crippen MR) is 103 cm³/mol. The van der Waals surface area contributed by atoms with Crippen LogP contribution in [0.25, 0.3) is 11.1 Å². The smallest absolute Gasteiger partial charge is 0.236 e. The topological polar surface area (TPSA) is 29.1 Å². The van der Waals surface area contributed by atoms with Crippen LogP contribution < -0.4 is 5.32 Å². The van der Waals surface area contributed by atoms with Gasteiger partial charge in [0.1, 0.15) is 0 Å². The third kappa shape index (κ3) is 3.21. The quantitative estimate of drug-likeness (QED) is 0.662. The lowest BCUT2D eigenvalue weighted by Crippen LogP contribution is -2.16. The highest BCUT2D eigenvalue weighted by Gasteiger charge is 2.43. The number of rotatable bonds is 4. The Morgan fingerprint density at radius 3 is 1.68 bits per heavy atom. The molecule has 0 saturated heterocycles. The second-order valence-corrected chi connectivity index (χ2v) is 6.42. The molecule has 1 N–H and O–H groups in total. The molecule has 4 rings (SSSR count). The van der Waals surface area contributed by atoms with Crippen molar-refractivity contribution in [2.24, 2.45) is 5.92 Å². The van der Waals surface area contributed by atoms with E-state index >= 15 is 0 Å². The van der Waals surface area contributed by atoms with Crippen LogP contribution in [0.15, 0.2) is 84.9 Å². The molecule has 122 valence electrons. The summed E-state index contributed by atoms with van der Waals surface area (Å²) in [4.78, 5) is 12.8. The van der Waals surface area contributed by atoms with Gasteiger partial charge in [-0.3, -0.25) is 4.79 Å². The zero-order chi connectivity index (χ0) is 17.2. The van der Waals surface area contributed by atoms with Gasteiger partial charge < -0.3 is 5.32 Å². The summed E-state index contributed by atoms with van der Waals surface area (Å²) in [6.07, 6.45) is 0. The molecule has 3 heteroatoms. The Morgan fingerprint density at radius 2 is 1.20 bits per heavy atom. The van der Waals surface area contributed by atoms with E-state index in [1.54, 1.807) is 12.1 Å². The third-order valence-corrected chi connectivity index (χ3v) is 4.58. The van der Waals surface area contributed by atoms with Gasteiger partial charge in [0.05, 0.1) is 5.92 Å². The second kappa shape index (κ2) is 6.58. The Hall–Kier alpha value is -2.84. The SMILES string of the molecule is O=C(Nc1ccc(Cl)cc1)C1C(c2ccccc2)=C1c1ccccc1. The Balaban J connectivity index is 1.63. The van der Waals surface area contributed by atoms with E-state index in [-0.39, 0.29) is 11.8 Å². The maximum absolute atomic E-state index is 12.8. The summed E-state index contributed by atoms with van der Waals surface area (Å²) in [5.74, 6) is -0.236. The van der Waals surface area contributed by atoms with Crippen molar-refractivity contribution < 1.29 is 4.79 Å². The molecule has 0 radical (unpaired) electrons. The van der Waals surface area contributed by atoms with Gasteiger partial charge in [0.15, 0.2) is 0 Å². The number of anilines is 1. The van der Waals surface area contributed by atoms with Crippen LogP contribution in [-0.2, 0) is 4.79 Å². The first kappa shape index (κ1) is 15.7. The average Bonchev–Trinajstić information content (AvgIpc) is 3.41. The molecule has 0 spiro atoms. The van der Waals surface area contributed by atoms with Crippen molar-refractivity contribution in [2.45, 2.75) is 0 Å². The minimum Gasteiger partial charge on any atom is -0.325 e. The number of amides is 1. The molecule has 25 heavy (non-hydrogen) atoms. The molecule has 0 saturated carbocycles. The fourth-order valence-electron chi connectivity index (χ4n) is 3.11. The molecule has 1 aliphatic carbocycles. The van der Waals surface area contributed by atoms with Gasteiger partial charge in [0.25, 0.3) is 0 Å². The lowest BCUT2D eigenvalue weighted by Gasteiger charge is -2.06. The van der Waals surface area contributed by atoms with Crippen molar-refractivity contribution >= 4 is 34.3 Å². The van der Waals surface area contributed by atoms with Crippen molar-refractivity contribution in [3.63, 3.8) is 0 Å². The molecular formula is C22H16ClNO. The Bertz CT molecular complexity index is 881. The van der Waals surface area contributed by atoms with Gasteiger partial charge in [-0.05, 0) is 46.5 Å². The summed E-state index contributed by atoms with van der Waals surface area (Å²) in [5.41, 5.74) is 5.13. The number of halogens is 1. The molecule has 0 bridgehead atoms. The number of hydrogen-bond donors (Lipinski definition) is 1. The van der Waals surface area contributed by atoms with E-state index in [0.29, 0.717) is 5.02 Å². The van der Waals surface area contributed by atoms with Crippen molar-refractivity contribution in [3.8, 4) is 0 Å². The molecule has 0 aromatic heterocycles. The first-order valence-electron chi connectivity index (χ1n) is 8.15. The zero-order valence-corrected chi connectivity index (χ0v) is 14.2. The highest BCUT2D eigenvalue weighted by molar-refractivity contribution is 6.30. The molecule has 3 aromatic carbocycles. The average molecular weight is 346 g/mol. The second-order valence-electron chi connectivity index (χ2n) is 5.99. The highest BCUT2D eigenvalue weighted by Crippen LogP contribution is 2.53. The molecular weight excluding hydrogens is 330 g/mol. The van der Waals surface area contributed by atoms with E-state index in [2.05, 4.69) is 5.32 Å². The normalized spacial score (nSPS) is 13.6. The number of nitrogens with one attached hydrogen (secondary N) is 1. The zero-order valence-electron chi connectivity index (χ0n) is 13.4. The van der Waals surface area contributed by atoms with Gasteiger partial charge in [-0.1, -0.05) is 72.3 Å². The number of carbonyl (C=O) groups is 1. The first-order chi connectivity index (χ1) is 12.2. The number of hydrogen-bond acceptors (Lipinski definition) is 1. The van der Waals surface area contributed by atoms with Crippen LogP contribution in [0.1, 0.15) is 11.1 Å². The van der Waals surface area contributed by atoms with Gasteiger partial charge in [0, 0.05) is 10.7 Å². The summed E-state index contributed by atoms with van der Waals surface area (Å²) in [6, 6.07) is 27.3. The Labute approximate surface area is 151 Å². The molecule has 2 nitrogen and oxygen atoms in total. The summed E-state index contributed by atoms with van der Waals surface area (Å²) >= 11 is 5.91.